The molecular formula is C30H48O4Si3V. The second-order valence-electron chi connectivity index (χ2n) is 9.31. The van der Waals surface area contributed by atoms with Crippen molar-refractivity contribution in [2.75, 3.05) is 0 Å². The van der Waals surface area contributed by atoms with Crippen LogP contribution in [-0.2, 0) is 21.0 Å². The third kappa shape index (κ3) is 11.4. The van der Waals surface area contributed by atoms with E-state index < -0.39 is 25.0 Å². The van der Waals surface area contributed by atoms with E-state index in [1.807, 2.05) is 91.0 Å². The SMILES string of the molecule is CC[Si](O)(CC)c1ccccc1.CC[Si](O)(CC)c1ccccc1.CC[Si](O)(CC)c1ccccc1.[O]=[V]. The zero-order valence-corrected chi connectivity index (χ0v) is 28.5. The second kappa shape index (κ2) is 19.6. The molecule has 0 aliphatic carbocycles. The van der Waals surface area contributed by atoms with Crippen LogP contribution in [0.2, 0.25) is 36.3 Å². The molecule has 8 heteroatoms. The Morgan fingerprint density at radius 2 is 0.579 bits per heavy atom. The van der Waals surface area contributed by atoms with E-state index >= 15 is 0 Å². The summed E-state index contributed by atoms with van der Waals surface area (Å²) >= 11 is 1.06. The Morgan fingerprint density at radius 3 is 0.711 bits per heavy atom. The van der Waals surface area contributed by atoms with Gasteiger partial charge in [-0.3, -0.25) is 0 Å². The van der Waals surface area contributed by atoms with Crippen molar-refractivity contribution in [3.63, 3.8) is 0 Å². The first-order valence-corrected chi connectivity index (χ1v) is 21.4. The standard InChI is InChI=1S/3C10H16OSi.O.V/c3*1-3-12(11,4-2)10-8-6-5-7-9-10;;/h3*5-9,11H,3-4H2,1-2H3;;. The molecule has 0 unspecified atom stereocenters. The summed E-state index contributed by atoms with van der Waals surface area (Å²) in [5.41, 5.74) is 0. The topological polar surface area (TPSA) is 77.8 Å². The van der Waals surface area contributed by atoms with Gasteiger partial charge in [0, 0.05) is 0 Å². The maximum absolute atomic E-state index is 10.2. The minimum atomic E-state index is -2.07. The second-order valence-corrected chi connectivity index (χ2v) is 21.5. The molecule has 0 saturated heterocycles. The molecule has 0 aromatic heterocycles. The normalized spacial score (nSPS) is 11.1. The van der Waals surface area contributed by atoms with Gasteiger partial charge in [-0.1, -0.05) is 133 Å². The van der Waals surface area contributed by atoms with Crippen LogP contribution in [0.3, 0.4) is 0 Å². The van der Waals surface area contributed by atoms with Gasteiger partial charge in [-0.15, -0.1) is 0 Å². The van der Waals surface area contributed by atoms with Crippen molar-refractivity contribution in [3.05, 3.63) is 91.0 Å². The zero-order chi connectivity index (χ0) is 29.1. The first kappa shape index (κ1) is 36.6. The molecular weight excluding hydrogens is 560 g/mol. The molecule has 3 rings (SSSR count). The van der Waals surface area contributed by atoms with E-state index in [-0.39, 0.29) is 0 Å². The molecule has 0 bridgehead atoms. The molecule has 38 heavy (non-hydrogen) atoms. The molecule has 4 nitrogen and oxygen atoms in total. The molecule has 0 saturated carbocycles. The van der Waals surface area contributed by atoms with Crippen molar-refractivity contribution in [2.24, 2.45) is 0 Å². The summed E-state index contributed by atoms with van der Waals surface area (Å²) in [6, 6.07) is 35.7. The monoisotopic (exact) mass is 607 g/mol. The van der Waals surface area contributed by atoms with Crippen molar-refractivity contribution in [3.8, 4) is 0 Å². The quantitative estimate of drug-likeness (QED) is 0.281. The average molecular weight is 608 g/mol. The van der Waals surface area contributed by atoms with Gasteiger partial charge < -0.3 is 14.4 Å². The average Bonchev–Trinajstić information content (AvgIpc) is 3.02. The maximum atomic E-state index is 10.2. The Balaban J connectivity index is 0.000000523. The molecule has 0 heterocycles. The molecule has 0 atom stereocenters. The summed E-state index contributed by atoms with van der Waals surface area (Å²) in [6.07, 6.45) is 0. The molecule has 3 aromatic carbocycles. The van der Waals surface area contributed by atoms with Gasteiger partial charge >= 0.3 is 21.0 Å². The van der Waals surface area contributed by atoms with Gasteiger partial charge in [-0.05, 0) is 51.8 Å². The predicted molar refractivity (Wildman–Crippen MR) is 166 cm³/mol. The summed E-state index contributed by atoms with van der Waals surface area (Å²) in [5, 5.41) is 3.49. The van der Waals surface area contributed by atoms with E-state index in [2.05, 4.69) is 41.5 Å². The summed E-state index contributed by atoms with van der Waals surface area (Å²) < 4.78 is 8.19. The van der Waals surface area contributed by atoms with Gasteiger partial charge in [0.25, 0.3) is 0 Å². The Labute approximate surface area is 243 Å². The van der Waals surface area contributed by atoms with Crippen LogP contribution in [0, 0.1) is 0 Å². The van der Waals surface area contributed by atoms with Gasteiger partial charge in [0.2, 0.25) is 25.0 Å². The zero-order valence-electron chi connectivity index (χ0n) is 24.1. The first-order chi connectivity index (χ1) is 18.2. The molecule has 209 valence electrons. The van der Waals surface area contributed by atoms with Gasteiger partial charge in [-0.25, -0.2) is 0 Å². The van der Waals surface area contributed by atoms with Crippen LogP contribution in [0.5, 0.6) is 0 Å². The molecule has 0 spiro atoms. The Morgan fingerprint density at radius 1 is 0.421 bits per heavy atom. The summed E-state index contributed by atoms with van der Waals surface area (Å²) in [6.45, 7) is 12.4. The van der Waals surface area contributed by atoms with Crippen LogP contribution in [0.1, 0.15) is 41.5 Å². The summed E-state index contributed by atoms with van der Waals surface area (Å²) in [4.78, 5) is 30.7. The van der Waals surface area contributed by atoms with Crippen LogP contribution in [0.4, 0.5) is 0 Å². The van der Waals surface area contributed by atoms with E-state index in [0.29, 0.717) is 0 Å². The fourth-order valence-corrected chi connectivity index (χ4v) is 10.6. The van der Waals surface area contributed by atoms with E-state index in [4.69, 9.17) is 3.67 Å². The van der Waals surface area contributed by atoms with Gasteiger partial charge in [0.15, 0.2) is 0 Å². The molecule has 0 fully saturated rings. The third-order valence-corrected chi connectivity index (χ3v) is 18.7. The number of hydrogen-bond acceptors (Lipinski definition) is 4. The Bertz CT molecular complexity index is 839. The molecule has 3 aromatic rings. The first-order valence-electron chi connectivity index (χ1n) is 13.7. The fraction of sp³-hybridized carbons (Fsp3) is 0.400. The van der Waals surface area contributed by atoms with Crippen LogP contribution in [0.15, 0.2) is 91.0 Å². The molecule has 0 aliphatic rings. The van der Waals surface area contributed by atoms with Crippen LogP contribution in [0.25, 0.3) is 0 Å². The van der Waals surface area contributed by atoms with Crippen LogP contribution >= 0.6 is 0 Å². The van der Waals surface area contributed by atoms with Crippen molar-refractivity contribution in [2.45, 2.75) is 77.8 Å². The Kier molecular flexibility index (Phi) is 18.9. The number of benzene rings is 3. The van der Waals surface area contributed by atoms with Crippen LogP contribution in [-0.4, -0.2) is 39.3 Å². The summed E-state index contributed by atoms with van der Waals surface area (Å²) in [5.74, 6) is 0. The van der Waals surface area contributed by atoms with E-state index in [1.165, 1.54) is 0 Å². The van der Waals surface area contributed by atoms with E-state index in [9.17, 15) is 14.4 Å². The number of rotatable bonds is 9. The van der Waals surface area contributed by atoms with Gasteiger partial charge in [-0.2, -0.15) is 0 Å². The summed E-state index contributed by atoms with van der Waals surface area (Å²) in [7, 11) is -6.22. The molecule has 3 N–H and O–H groups in total. The van der Waals surface area contributed by atoms with Crippen LogP contribution < -0.4 is 15.6 Å². The fourth-order valence-electron chi connectivity index (χ4n) is 4.22. The van der Waals surface area contributed by atoms with Crippen molar-refractivity contribution in [1.29, 1.82) is 0 Å². The third-order valence-electron chi connectivity index (χ3n) is 7.44. The Hall–Kier alpha value is -1.42. The predicted octanol–water partition coefficient (Wildman–Crippen LogP) is 5.49. The number of hydrogen-bond donors (Lipinski definition) is 3. The molecule has 0 aliphatic heterocycles. The van der Waals surface area contributed by atoms with Gasteiger partial charge in [0.1, 0.15) is 0 Å². The van der Waals surface area contributed by atoms with E-state index in [1.54, 1.807) is 0 Å². The minimum absolute atomic E-state index is 0.910. The molecule has 0 amide bonds. The van der Waals surface area contributed by atoms with Crippen molar-refractivity contribution in [1.82, 2.24) is 0 Å². The van der Waals surface area contributed by atoms with Crippen molar-refractivity contribution >= 4 is 40.5 Å². The van der Waals surface area contributed by atoms with E-state index in [0.717, 1.165) is 69.2 Å². The van der Waals surface area contributed by atoms with Crippen molar-refractivity contribution < 1.29 is 35.4 Å². The molecule has 0 radical (unpaired) electrons. The van der Waals surface area contributed by atoms with Gasteiger partial charge in [0.05, 0.1) is 0 Å².